The van der Waals surface area contributed by atoms with Crippen molar-refractivity contribution < 1.29 is 9.53 Å². The zero-order valence-electron chi connectivity index (χ0n) is 12.2. The number of hydrogen-bond donors (Lipinski definition) is 0. The number of carbonyl (C=O) groups excluding carboxylic acids is 1. The number of carbonyl (C=O) groups is 1. The summed E-state index contributed by atoms with van der Waals surface area (Å²) < 4.78 is 5.48. The van der Waals surface area contributed by atoms with E-state index in [4.69, 9.17) is 4.74 Å². The zero-order valence-corrected chi connectivity index (χ0v) is 12.2. The molecule has 0 aliphatic carbocycles. The molecule has 0 amide bonds. The predicted octanol–water partition coefficient (Wildman–Crippen LogP) is 4.73. The van der Waals surface area contributed by atoms with Crippen LogP contribution in [0.4, 0.5) is 0 Å². The summed E-state index contributed by atoms with van der Waals surface area (Å²) in [6, 6.07) is 15.2. The fraction of sp³-hybridized carbons (Fsp3) is 0.278. The molecule has 2 rings (SSSR count). The van der Waals surface area contributed by atoms with Crippen molar-refractivity contribution in [2.75, 3.05) is 0 Å². The number of esters is 1. The van der Waals surface area contributed by atoms with Gasteiger partial charge in [0.1, 0.15) is 5.75 Å². The van der Waals surface area contributed by atoms with Crippen molar-refractivity contribution in [3.05, 3.63) is 65.2 Å². The quantitative estimate of drug-likeness (QED) is 0.592. The molecule has 2 nitrogen and oxygen atoms in total. The molecule has 0 bridgehead atoms. The average Bonchev–Trinajstić information content (AvgIpc) is 2.47. The SMILES string of the molecule is CCC(C)c1cccc(OC(=O)c2ccccc2C)c1. The lowest BCUT2D eigenvalue weighted by atomic mass is 9.99. The molecule has 20 heavy (non-hydrogen) atoms. The minimum atomic E-state index is -0.301. The van der Waals surface area contributed by atoms with Crippen molar-refractivity contribution in [3.8, 4) is 5.75 Å². The maximum atomic E-state index is 12.2. The smallest absolute Gasteiger partial charge is 0.343 e. The standard InChI is InChI=1S/C18H20O2/c1-4-13(2)15-9-7-10-16(12-15)20-18(19)17-11-6-5-8-14(17)3/h5-13H,4H2,1-3H3. The van der Waals surface area contributed by atoms with E-state index in [0.717, 1.165) is 12.0 Å². The van der Waals surface area contributed by atoms with Crippen LogP contribution in [0.15, 0.2) is 48.5 Å². The van der Waals surface area contributed by atoms with Gasteiger partial charge >= 0.3 is 5.97 Å². The third-order valence-corrected chi connectivity index (χ3v) is 3.62. The molecule has 0 spiro atoms. The average molecular weight is 268 g/mol. The number of rotatable bonds is 4. The summed E-state index contributed by atoms with van der Waals surface area (Å²) in [7, 11) is 0. The summed E-state index contributed by atoms with van der Waals surface area (Å²) in [5.74, 6) is 0.771. The van der Waals surface area contributed by atoms with Crippen LogP contribution < -0.4 is 4.74 Å². The molecule has 0 aliphatic rings. The van der Waals surface area contributed by atoms with Gasteiger partial charge in [-0.15, -0.1) is 0 Å². The van der Waals surface area contributed by atoms with Crippen molar-refractivity contribution in [3.63, 3.8) is 0 Å². The lowest BCUT2D eigenvalue weighted by Gasteiger charge is -2.11. The lowest BCUT2D eigenvalue weighted by Crippen LogP contribution is -2.10. The molecule has 1 unspecified atom stereocenters. The number of hydrogen-bond acceptors (Lipinski definition) is 2. The first-order valence-electron chi connectivity index (χ1n) is 6.99. The van der Waals surface area contributed by atoms with Gasteiger partial charge in [-0.1, -0.05) is 44.2 Å². The first kappa shape index (κ1) is 14.3. The second-order valence-corrected chi connectivity index (χ2v) is 5.09. The molecule has 0 radical (unpaired) electrons. The minimum Gasteiger partial charge on any atom is -0.423 e. The summed E-state index contributed by atoms with van der Waals surface area (Å²) in [4.78, 5) is 12.2. The Morgan fingerprint density at radius 3 is 2.60 bits per heavy atom. The van der Waals surface area contributed by atoms with E-state index >= 15 is 0 Å². The number of ether oxygens (including phenoxy) is 1. The molecule has 1 atom stereocenters. The van der Waals surface area contributed by atoms with Crippen LogP contribution in [-0.2, 0) is 0 Å². The summed E-state index contributed by atoms with van der Waals surface area (Å²) in [5.41, 5.74) is 2.74. The van der Waals surface area contributed by atoms with Crippen LogP contribution in [0.1, 0.15) is 47.7 Å². The van der Waals surface area contributed by atoms with E-state index in [9.17, 15) is 4.79 Å². The Hall–Kier alpha value is -2.09. The van der Waals surface area contributed by atoms with E-state index in [1.54, 1.807) is 6.07 Å². The van der Waals surface area contributed by atoms with Gasteiger partial charge in [0.2, 0.25) is 0 Å². The maximum absolute atomic E-state index is 12.2. The van der Waals surface area contributed by atoms with E-state index < -0.39 is 0 Å². The third-order valence-electron chi connectivity index (χ3n) is 3.62. The fourth-order valence-corrected chi connectivity index (χ4v) is 2.08. The van der Waals surface area contributed by atoms with Gasteiger partial charge in [0.15, 0.2) is 0 Å². The molecular formula is C18H20O2. The Bertz CT molecular complexity index is 602. The Kier molecular flexibility index (Phi) is 4.57. The highest BCUT2D eigenvalue weighted by molar-refractivity contribution is 5.92. The monoisotopic (exact) mass is 268 g/mol. The maximum Gasteiger partial charge on any atom is 0.343 e. The predicted molar refractivity (Wildman–Crippen MR) is 81.3 cm³/mol. The second kappa shape index (κ2) is 6.38. The van der Waals surface area contributed by atoms with Gasteiger partial charge in [0.05, 0.1) is 5.56 Å². The molecule has 0 saturated carbocycles. The summed E-state index contributed by atoms with van der Waals surface area (Å²) in [5, 5.41) is 0. The van der Waals surface area contributed by atoms with Gasteiger partial charge in [-0.05, 0) is 48.6 Å². The van der Waals surface area contributed by atoms with Crippen LogP contribution in [-0.4, -0.2) is 5.97 Å². The van der Waals surface area contributed by atoms with Crippen LogP contribution in [0.25, 0.3) is 0 Å². The molecule has 2 aromatic rings. The molecule has 2 aromatic carbocycles. The third kappa shape index (κ3) is 3.27. The molecule has 0 aliphatic heterocycles. The summed E-state index contributed by atoms with van der Waals surface area (Å²) in [6.45, 7) is 6.23. The van der Waals surface area contributed by atoms with Gasteiger partial charge in [0.25, 0.3) is 0 Å². The molecule has 0 heterocycles. The number of aryl methyl sites for hydroxylation is 1. The van der Waals surface area contributed by atoms with E-state index in [1.807, 2.05) is 43.3 Å². The van der Waals surface area contributed by atoms with E-state index in [1.165, 1.54) is 5.56 Å². The molecule has 0 saturated heterocycles. The summed E-state index contributed by atoms with van der Waals surface area (Å²) in [6.07, 6.45) is 1.06. The van der Waals surface area contributed by atoms with Crippen molar-refractivity contribution in [1.82, 2.24) is 0 Å². The van der Waals surface area contributed by atoms with Crippen LogP contribution in [0.3, 0.4) is 0 Å². The Morgan fingerprint density at radius 1 is 1.15 bits per heavy atom. The largest absolute Gasteiger partial charge is 0.423 e. The normalized spacial score (nSPS) is 11.9. The van der Waals surface area contributed by atoms with Crippen molar-refractivity contribution in [1.29, 1.82) is 0 Å². The first-order valence-corrected chi connectivity index (χ1v) is 6.99. The van der Waals surface area contributed by atoms with Gasteiger partial charge < -0.3 is 4.74 Å². The topological polar surface area (TPSA) is 26.3 Å². The van der Waals surface area contributed by atoms with E-state index in [-0.39, 0.29) is 5.97 Å². The molecule has 0 fully saturated rings. The van der Waals surface area contributed by atoms with Crippen LogP contribution >= 0.6 is 0 Å². The van der Waals surface area contributed by atoms with Crippen LogP contribution in [0.2, 0.25) is 0 Å². The zero-order chi connectivity index (χ0) is 14.5. The Morgan fingerprint density at radius 2 is 1.90 bits per heavy atom. The van der Waals surface area contributed by atoms with Crippen molar-refractivity contribution in [2.45, 2.75) is 33.1 Å². The highest BCUT2D eigenvalue weighted by Crippen LogP contribution is 2.23. The van der Waals surface area contributed by atoms with Gasteiger partial charge in [-0.3, -0.25) is 0 Å². The van der Waals surface area contributed by atoms with Crippen LogP contribution in [0.5, 0.6) is 5.75 Å². The molecule has 104 valence electrons. The fourth-order valence-electron chi connectivity index (χ4n) is 2.08. The number of benzene rings is 2. The van der Waals surface area contributed by atoms with E-state index in [2.05, 4.69) is 19.9 Å². The second-order valence-electron chi connectivity index (χ2n) is 5.09. The van der Waals surface area contributed by atoms with Gasteiger partial charge in [-0.2, -0.15) is 0 Å². The highest BCUT2D eigenvalue weighted by atomic mass is 16.5. The molecule has 2 heteroatoms. The van der Waals surface area contributed by atoms with Crippen molar-refractivity contribution >= 4 is 5.97 Å². The molecule has 0 aromatic heterocycles. The van der Waals surface area contributed by atoms with Gasteiger partial charge in [0, 0.05) is 0 Å². The lowest BCUT2D eigenvalue weighted by molar-refractivity contribution is 0.0734. The van der Waals surface area contributed by atoms with Crippen molar-refractivity contribution in [2.24, 2.45) is 0 Å². The minimum absolute atomic E-state index is 0.301. The molecule has 0 N–H and O–H groups in total. The Labute approximate surface area is 120 Å². The summed E-state index contributed by atoms with van der Waals surface area (Å²) >= 11 is 0. The highest BCUT2D eigenvalue weighted by Gasteiger charge is 2.12. The van der Waals surface area contributed by atoms with Crippen LogP contribution in [0, 0.1) is 6.92 Å². The Balaban J connectivity index is 2.18. The van der Waals surface area contributed by atoms with Gasteiger partial charge in [-0.25, -0.2) is 4.79 Å². The molecular weight excluding hydrogens is 248 g/mol. The first-order chi connectivity index (χ1) is 9.61. The van der Waals surface area contributed by atoms with E-state index in [0.29, 0.717) is 17.2 Å².